The Kier molecular flexibility index (Phi) is 6.75. The maximum absolute atomic E-state index is 13.0. The number of amides is 2. The summed E-state index contributed by atoms with van der Waals surface area (Å²) < 4.78 is 45.5. The molecule has 3 rings (SSSR count). The predicted octanol–water partition coefficient (Wildman–Crippen LogP) is 1.01. The van der Waals surface area contributed by atoms with Crippen molar-refractivity contribution in [2.75, 3.05) is 26.2 Å². The van der Waals surface area contributed by atoms with Crippen LogP contribution in [0.3, 0.4) is 0 Å². The van der Waals surface area contributed by atoms with Crippen molar-refractivity contribution in [2.24, 2.45) is 0 Å². The highest BCUT2D eigenvalue weighted by atomic mass is 32.2. The van der Waals surface area contributed by atoms with Gasteiger partial charge in [-0.1, -0.05) is 17.3 Å². The smallest absolute Gasteiger partial charge is 0.246 e. The molecule has 1 aliphatic rings. The van der Waals surface area contributed by atoms with Gasteiger partial charge < -0.3 is 14.3 Å². The number of halogens is 1. The molecule has 1 atom stereocenters. The molecule has 0 saturated carbocycles. The number of nitrogens with one attached hydrogen (secondary N) is 1. The van der Waals surface area contributed by atoms with Gasteiger partial charge in [-0.25, -0.2) is 12.8 Å². The number of benzene rings is 1. The number of aryl methyl sites for hydroxylation is 2. The van der Waals surface area contributed by atoms with E-state index in [4.69, 9.17) is 4.52 Å². The first-order chi connectivity index (χ1) is 14.6. The summed E-state index contributed by atoms with van der Waals surface area (Å²) in [5.74, 6) is -0.688. The van der Waals surface area contributed by atoms with Crippen molar-refractivity contribution in [3.05, 3.63) is 47.1 Å². The van der Waals surface area contributed by atoms with Gasteiger partial charge in [0.25, 0.3) is 0 Å². The lowest BCUT2D eigenvalue weighted by Gasteiger charge is -2.36. The number of aromatic nitrogens is 1. The van der Waals surface area contributed by atoms with Crippen LogP contribution in [0.1, 0.15) is 23.9 Å². The molecule has 9 nitrogen and oxygen atoms in total. The van der Waals surface area contributed by atoms with Crippen LogP contribution in [0.15, 0.2) is 33.7 Å². The number of hydrogen-bond donors (Lipinski definition) is 1. The minimum atomic E-state index is -3.97. The number of nitrogens with zero attached hydrogens (tertiary/aromatic N) is 3. The second kappa shape index (κ2) is 9.15. The number of sulfonamides is 1. The third-order valence-corrected chi connectivity index (χ3v) is 6.94. The van der Waals surface area contributed by atoms with Crippen molar-refractivity contribution in [1.82, 2.24) is 19.7 Å². The molecule has 1 aromatic heterocycles. The van der Waals surface area contributed by atoms with Gasteiger partial charge in [-0.3, -0.25) is 9.59 Å². The molecular formula is C20H25FN4O5S. The van der Waals surface area contributed by atoms with E-state index < -0.39 is 16.1 Å². The summed E-state index contributed by atoms with van der Waals surface area (Å²) in [4.78, 5) is 28.3. The van der Waals surface area contributed by atoms with E-state index in [2.05, 4.69) is 9.88 Å². The molecule has 168 valence electrons. The van der Waals surface area contributed by atoms with Gasteiger partial charge in [0, 0.05) is 26.2 Å². The van der Waals surface area contributed by atoms with Gasteiger partial charge >= 0.3 is 0 Å². The van der Waals surface area contributed by atoms with Gasteiger partial charge in [0.2, 0.25) is 21.8 Å². The van der Waals surface area contributed by atoms with Gasteiger partial charge in [0.05, 0.1) is 12.5 Å². The predicted molar refractivity (Wildman–Crippen MR) is 109 cm³/mol. The van der Waals surface area contributed by atoms with Gasteiger partial charge in [0.15, 0.2) is 5.76 Å². The molecule has 1 aromatic carbocycles. The maximum atomic E-state index is 13.0. The van der Waals surface area contributed by atoms with Gasteiger partial charge in [-0.15, -0.1) is 0 Å². The fourth-order valence-corrected chi connectivity index (χ4v) is 5.07. The molecule has 0 bridgehead atoms. The van der Waals surface area contributed by atoms with Crippen molar-refractivity contribution in [1.29, 1.82) is 0 Å². The fourth-order valence-electron chi connectivity index (χ4n) is 3.54. The highest BCUT2D eigenvalue weighted by Crippen LogP contribution is 2.19. The topological polar surface area (TPSA) is 113 Å². The average molecular weight is 453 g/mol. The van der Waals surface area contributed by atoms with Crippen molar-refractivity contribution in [3.63, 3.8) is 0 Å². The van der Waals surface area contributed by atoms with E-state index >= 15 is 0 Å². The summed E-state index contributed by atoms with van der Waals surface area (Å²) >= 11 is 0. The Labute approximate surface area is 180 Å². The standard InChI is InChI=1S/C20H25FN4O5S/c1-13-19(15(3)30-22-13)31(28,29)23-14(2)20(27)25-10-8-24(9-11-25)18(26)12-16-4-6-17(21)7-5-16/h4-7,14,23H,8-12H2,1-3H3/t14-/m0/s1. The molecule has 1 aliphatic heterocycles. The van der Waals surface area contributed by atoms with E-state index in [9.17, 15) is 22.4 Å². The molecule has 2 heterocycles. The molecule has 2 amide bonds. The first-order valence-electron chi connectivity index (χ1n) is 9.84. The molecule has 0 radical (unpaired) electrons. The molecule has 1 saturated heterocycles. The van der Waals surface area contributed by atoms with Gasteiger partial charge in [-0.2, -0.15) is 4.72 Å². The SMILES string of the molecule is Cc1noc(C)c1S(=O)(=O)N[C@@H](C)C(=O)N1CCN(C(=O)Cc2ccc(F)cc2)CC1. The molecule has 0 unspecified atom stereocenters. The Balaban J connectivity index is 1.54. The van der Waals surface area contributed by atoms with Gasteiger partial charge in [-0.05, 0) is 38.5 Å². The Hall–Kier alpha value is -2.79. The van der Waals surface area contributed by atoms with E-state index in [1.807, 2.05) is 0 Å². The molecule has 11 heteroatoms. The summed E-state index contributed by atoms with van der Waals surface area (Å²) in [7, 11) is -3.97. The van der Waals surface area contributed by atoms with Crippen LogP contribution in [0.4, 0.5) is 4.39 Å². The Morgan fingerprint density at radius 2 is 1.71 bits per heavy atom. The summed E-state index contributed by atoms with van der Waals surface area (Å²) in [6.07, 6.45) is 0.155. The molecule has 0 spiro atoms. The average Bonchev–Trinajstić information content (AvgIpc) is 3.07. The second-order valence-corrected chi connectivity index (χ2v) is 9.16. The van der Waals surface area contributed by atoms with E-state index in [0.29, 0.717) is 31.7 Å². The summed E-state index contributed by atoms with van der Waals surface area (Å²) in [5, 5.41) is 3.64. The van der Waals surface area contributed by atoms with E-state index in [1.54, 1.807) is 17.0 Å². The minimum Gasteiger partial charge on any atom is -0.360 e. The zero-order valence-corrected chi connectivity index (χ0v) is 18.4. The quantitative estimate of drug-likeness (QED) is 0.700. The van der Waals surface area contributed by atoms with Crippen molar-refractivity contribution in [2.45, 2.75) is 38.1 Å². The largest absolute Gasteiger partial charge is 0.360 e. The van der Waals surface area contributed by atoms with Crippen LogP contribution < -0.4 is 4.72 Å². The lowest BCUT2D eigenvalue weighted by molar-refractivity contribution is -0.139. The highest BCUT2D eigenvalue weighted by Gasteiger charge is 2.31. The van der Waals surface area contributed by atoms with E-state index in [1.165, 1.54) is 37.8 Å². The van der Waals surface area contributed by atoms with Crippen LogP contribution in [0.2, 0.25) is 0 Å². The maximum Gasteiger partial charge on any atom is 0.246 e. The molecule has 2 aromatic rings. The lowest BCUT2D eigenvalue weighted by Crippen LogP contribution is -2.55. The number of carbonyl (C=O) groups excluding carboxylic acids is 2. The third-order valence-electron chi connectivity index (χ3n) is 5.15. The zero-order chi connectivity index (χ0) is 22.8. The number of piperazine rings is 1. The first-order valence-corrected chi connectivity index (χ1v) is 11.3. The minimum absolute atomic E-state index is 0.0663. The summed E-state index contributed by atoms with van der Waals surface area (Å²) in [5.41, 5.74) is 0.935. The van der Waals surface area contributed by atoms with Crippen LogP contribution in [-0.2, 0) is 26.0 Å². The van der Waals surface area contributed by atoms with Crippen LogP contribution in [0.25, 0.3) is 0 Å². The number of rotatable bonds is 6. The Bertz CT molecular complexity index is 1040. The molecule has 1 N–H and O–H groups in total. The van der Waals surface area contributed by atoms with Crippen LogP contribution in [-0.4, -0.2) is 67.4 Å². The highest BCUT2D eigenvalue weighted by molar-refractivity contribution is 7.89. The molecular weight excluding hydrogens is 427 g/mol. The second-order valence-electron chi connectivity index (χ2n) is 7.51. The first kappa shape index (κ1) is 22.9. The zero-order valence-electron chi connectivity index (χ0n) is 17.6. The Morgan fingerprint density at radius 1 is 1.13 bits per heavy atom. The molecule has 0 aliphatic carbocycles. The monoisotopic (exact) mass is 452 g/mol. The van der Waals surface area contributed by atoms with Crippen LogP contribution in [0, 0.1) is 19.7 Å². The number of carbonyl (C=O) groups is 2. The van der Waals surface area contributed by atoms with Gasteiger partial charge in [0.1, 0.15) is 16.4 Å². The summed E-state index contributed by atoms with van der Waals surface area (Å²) in [6, 6.07) is 4.77. The summed E-state index contributed by atoms with van der Waals surface area (Å²) in [6.45, 7) is 5.76. The normalized spacial score (nSPS) is 15.7. The Morgan fingerprint density at radius 3 is 2.26 bits per heavy atom. The molecule has 1 fully saturated rings. The van der Waals surface area contributed by atoms with E-state index in [0.717, 1.165) is 0 Å². The fraction of sp³-hybridized carbons (Fsp3) is 0.450. The van der Waals surface area contributed by atoms with E-state index in [-0.39, 0.29) is 40.4 Å². The van der Waals surface area contributed by atoms with Crippen molar-refractivity contribution < 1.29 is 26.9 Å². The number of hydrogen-bond acceptors (Lipinski definition) is 6. The lowest BCUT2D eigenvalue weighted by atomic mass is 10.1. The van der Waals surface area contributed by atoms with Crippen LogP contribution in [0.5, 0.6) is 0 Å². The third kappa shape index (κ3) is 5.28. The van der Waals surface area contributed by atoms with Crippen LogP contribution >= 0.6 is 0 Å². The van der Waals surface area contributed by atoms with Crippen molar-refractivity contribution >= 4 is 21.8 Å². The van der Waals surface area contributed by atoms with Crippen molar-refractivity contribution in [3.8, 4) is 0 Å². The molecule has 31 heavy (non-hydrogen) atoms.